The van der Waals surface area contributed by atoms with Gasteiger partial charge in [0.05, 0.1) is 10.8 Å². The van der Waals surface area contributed by atoms with Crippen LogP contribution in [0.3, 0.4) is 0 Å². The van der Waals surface area contributed by atoms with Crippen molar-refractivity contribution in [3.63, 3.8) is 0 Å². The van der Waals surface area contributed by atoms with Gasteiger partial charge in [-0.3, -0.25) is 14.9 Å². The zero-order valence-electron chi connectivity index (χ0n) is 12.9. The third-order valence-corrected chi connectivity index (χ3v) is 3.80. The number of non-ortho nitro benzene ring substituents is 1. The van der Waals surface area contributed by atoms with Crippen LogP contribution in [-0.2, 0) is 11.3 Å². The molecule has 0 bridgehead atoms. The van der Waals surface area contributed by atoms with Crippen LogP contribution < -0.4 is 5.32 Å². The second-order valence-electron chi connectivity index (χ2n) is 5.48. The Labute approximate surface area is 142 Å². The SMILES string of the molecule is C=CCN(Cc1cccc([N+](=O)[O-])c1)C(=O)C1CCCNC1.Cl. The van der Waals surface area contributed by atoms with Gasteiger partial charge in [0, 0.05) is 31.8 Å². The van der Waals surface area contributed by atoms with Crippen molar-refractivity contribution in [2.24, 2.45) is 5.92 Å². The van der Waals surface area contributed by atoms with Crippen molar-refractivity contribution in [3.05, 3.63) is 52.6 Å². The van der Waals surface area contributed by atoms with Gasteiger partial charge in [0.15, 0.2) is 0 Å². The number of piperidine rings is 1. The van der Waals surface area contributed by atoms with Gasteiger partial charge in [-0.1, -0.05) is 18.2 Å². The molecule has 1 N–H and O–H groups in total. The molecule has 7 heteroatoms. The second kappa shape index (κ2) is 9.27. The van der Waals surface area contributed by atoms with Gasteiger partial charge in [-0.2, -0.15) is 0 Å². The molecule has 23 heavy (non-hydrogen) atoms. The molecule has 1 unspecified atom stereocenters. The van der Waals surface area contributed by atoms with Crippen LogP contribution in [0, 0.1) is 16.0 Å². The van der Waals surface area contributed by atoms with E-state index in [9.17, 15) is 14.9 Å². The molecule has 1 aromatic carbocycles. The van der Waals surface area contributed by atoms with Crippen LogP contribution in [-0.4, -0.2) is 35.4 Å². The van der Waals surface area contributed by atoms with Gasteiger partial charge < -0.3 is 10.2 Å². The Balaban J connectivity index is 0.00000264. The largest absolute Gasteiger partial charge is 0.334 e. The first-order chi connectivity index (χ1) is 10.6. The molecule has 1 aliphatic heterocycles. The quantitative estimate of drug-likeness (QED) is 0.491. The highest BCUT2D eigenvalue weighted by molar-refractivity contribution is 5.85. The number of nitrogens with zero attached hydrogens (tertiary/aromatic N) is 2. The number of nitrogens with one attached hydrogen (secondary N) is 1. The Morgan fingerprint density at radius 3 is 2.91 bits per heavy atom. The number of amides is 1. The molecule has 0 saturated carbocycles. The molecule has 0 spiro atoms. The molecule has 1 aliphatic rings. The molecule has 1 heterocycles. The van der Waals surface area contributed by atoms with Crippen molar-refractivity contribution in [2.75, 3.05) is 19.6 Å². The molecule has 0 aromatic heterocycles. The van der Waals surface area contributed by atoms with E-state index >= 15 is 0 Å². The van der Waals surface area contributed by atoms with Gasteiger partial charge in [-0.15, -0.1) is 19.0 Å². The molecule has 2 rings (SSSR count). The van der Waals surface area contributed by atoms with Crippen molar-refractivity contribution >= 4 is 24.0 Å². The Bertz CT molecular complexity index is 559. The van der Waals surface area contributed by atoms with Crippen LogP contribution in [0.25, 0.3) is 0 Å². The summed E-state index contributed by atoms with van der Waals surface area (Å²) < 4.78 is 0. The predicted molar refractivity (Wildman–Crippen MR) is 91.6 cm³/mol. The van der Waals surface area contributed by atoms with Crippen molar-refractivity contribution in [3.8, 4) is 0 Å². The van der Waals surface area contributed by atoms with E-state index in [-0.39, 0.29) is 29.9 Å². The molecule has 1 fully saturated rings. The maximum absolute atomic E-state index is 12.6. The molecule has 1 amide bonds. The predicted octanol–water partition coefficient (Wildman–Crippen LogP) is 2.53. The summed E-state index contributed by atoms with van der Waals surface area (Å²) >= 11 is 0. The van der Waals surface area contributed by atoms with Crippen LogP contribution in [0.2, 0.25) is 0 Å². The Hall–Kier alpha value is -1.92. The van der Waals surface area contributed by atoms with Gasteiger partial charge in [0.1, 0.15) is 0 Å². The van der Waals surface area contributed by atoms with Crippen LogP contribution in [0.5, 0.6) is 0 Å². The summed E-state index contributed by atoms with van der Waals surface area (Å²) in [6.07, 6.45) is 3.56. The number of benzene rings is 1. The zero-order valence-corrected chi connectivity index (χ0v) is 13.8. The van der Waals surface area contributed by atoms with E-state index in [0.717, 1.165) is 24.9 Å². The summed E-state index contributed by atoms with van der Waals surface area (Å²) in [6, 6.07) is 6.42. The molecule has 1 aromatic rings. The lowest BCUT2D eigenvalue weighted by Crippen LogP contribution is -2.42. The van der Waals surface area contributed by atoms with E-state index in [1.807, 2.05) is 0 Å². The normalized spacial score (nSPS) is 17.0. The number of hydrogen-bond acceptors (Lipinski definition) is 4. The minimum absolute atomic E-state index is 0. The zero-order chi connectivity index (χ0) is 15.9. The molecule has 0 aliphatic carbocycles. The number of halogens is 1. The molecule has 1 saturated heterocycles. The van der Waals surface area contributed by atoms with Gasteiger partial charge >= 0.3 is 0 Å². The van der Waals surface area contributed by atoms with Crippen LogP contribution in [0.1, 0.15) is 18.4 Å². The Morgan fingerprint density at radius 2 is 2.30 bits per heavy atom. The average molecular weight is 340 g/mol. The molecule has 126 valence electrons. The maximum Gasteiger partial charge on any atom is 0.269 e. The number of carbonyl (C=O) groups is 1. The number of rotatable bonds is 6. The topological polar surface area (TPSA) is 75.5 Å². The minimum Gasteiger partial charge on any atom is -0.334 e. The van der Waals surface area contributed by atoms with Gasteiger partial charge in [-0.05, 0) is 24.9 Å². The fourth-order valence-corrected chi connectivity index (χ4v) is 2.70. The van der Waals surface area contributed by atoms with Crippen molar-refractivity contribution in [1.82, 2.24) is 10.2 Å². The van der Waals surface area contributed by atoms with Crippen molar-refractivity contribution in [2.45, 2.75) is 19.4 Å². The summed E-state index contributed by atoms with van der Waals surface area (Å²) in [5.41, 5.74) is 0.802. The highest BCUT2D eigenvalue weighted by atomic mass is 35.5. The van der Waals surface area contributed by atoms with Gasteiger partial charge in [-0.25, -0.2) is 0 Å². The molecule has 6 nitrogen and oxygen atoms in total. The highest BCUT2D eigenvalue weighted by Crippen LogP contribution is 2.18. The lowest BCUT2D eigenvalue weighted by Gasteiger charge is -2.29. The van der Waals surface area contributed by atoms with E-state index in [0.29, 0.717) is 19.6 Å². The van der Waals surface area contributed by atoms with Crippen LogP contribution >= 0.6 is 12.4 Å². The third-order valence-electron chi connectivity index (χ3n) is 3.80. The van der Waals surface area contributed by atoms with Crippen molar-refractivity contribution < 1.29 is 9.72 Å². The number of nitro benzene ring substituents is 1. The first-order valence-corrected chi connectivity index (χ1v) is 7.45. The highest BCUT2D eigenvalue weighted by Gasteiger charge is 2.25. The summed E-state index contributed by atoms with van der Waals surface area (Å²) in [5.74, 6) is 0.0611. The van der Waals surface area contributed by atoms with E-state index < -0.39 is 4.92 Å². The molecular weight excluding hydrogens is 318 g/mol. The van der Waals surface area contributed by atoms with Crippen molar-refractivity contribution in [1.29, 1.82) is 0 Å². The lowest BCUT2D eigenvalue weighted by molar-refractivity contribution is -0.384. The standard InChI is InChI=1S/C16H21N3O3.ClH/c1-2-9-18(16(20)14-6-4-8-17-11-14)12-13-5-3-7-15(10-13)19(21)22;/h2-3,5,7,10,14,17H,1,4,6,8-9,11-12H2;1H. The third kappa shape index (κ3) is 5.33. The van der Waals surface area contributed by atoms with E-state index in [1.54, 1.807) is 23.1 Å². The Kier molecular flexibility index (Phi) is 7.71. The van der Waals surface area contributed by atoms with E-state index in [2.05, 4.69) is 11.9 Å². The van der Waals surface area contributed by atoms with Crippen LogP contribution in [0.4, 0.5) is 5.69 Å². The van der Waals surface area contributed by atoms with E-state index in [1.165, 1.54) is 12.1 Å². The monoisotopic (exact) mass is 339 g/mol. The smallest absolute Gasteiger partial charge is 0.269 e. The summed E-state index contributed by atoms with van der Waals surface area (Å²) in [4.78, 5) is 24.8. The van der Waals surface area contributed by atoms with Crippen LogP contribution in [0.15, 0.2) is 36.9 Å². The molecule has 0 radical (unpaired) electrons. The van der Waals surface area contributed by atoms with Gasteiger partial charge in [0.25, 0.3) is 5.69 Å². The number of hydrogen-bond donors (Lipinski definition) is 1. The fourth-order valence-electron chi connectivity index (χ4n) is 2.70. The number of nitro groups is 1. The van der Waals surface area contributed by atoms with E-state index in [4.69, 9.17) is 0 Å². The minimum atomic E-state index is -0.422. The Morgan fingerprint density at radius 1 is 1.52 bits per heavy atom. The fraction of sp³-hybridized carbons (Fsp3) is 0.438. The molecular formula is C16H22ClN3O3. The lowest BCUT2D eigenvalue weighted by atomic mass is 9.98. The maximum atomic E-state index is 12.6. The van der Waals surface area contributed by atoms with Gasteiger partial charge in [0.2, 0.25) is 5.91 Å². The summed E-state index contributed by atoms with van der Waals surface area (Å²) in [6.45, 7) is 6.15. The summed E-state index contributed by atoms with van der Waals surface area (Å²) in [7, 11) is 0. The number of carbonyl (C=O) groups excluding carboxylic acids is 1. The summed E-state index contributed by atoms with van der Waals surface area (Å²) in [5, 5.41) is 14.1. The first-order valence-electron chi connectivity index (χ1n) is 7.45. The first kappa shape index (κ1) is 19.1. The average Bonchev–Trinajstić information content (AvgIpc) is 2.55. The second-order valence-corrected chi connectivity index (χ2v) is 5.48. The molecule has 1 atom stereocenters.